The van der Waals surface area contributed by atoms with Crippen LogP contribution in [0.5, 0.6) is 0 Å². The zero-order valence-electron chi connectivity index (χ0n) is 9.21. The average Bonchev–Trinajstić information content (AvgIpc) is 2.88. The molecular formula is C11H20N4. The Balaban J connectivity index is 1.48. The molecule has 4 heteroatoms. The molecule has 0 spiro atoms. The van der Waals surface area contributed by atoms with Crippen LogP contribution in [-0.4, -0.2) is 41.0 Å². The van der Waals surface area contributed by atoms with Crippen LogP contribution in [0.1, 0.15) is 25.1 Å². The Morgan fingerprint density at radius 3 is 3.00 bits per heavy atom. The van der Waals surface area contributed by atoms with Gasteiger partial charge in [-0.2, -0.15) is 0 Å². The molecular weight excluding hydrogens is 188 g/mol. The summed E-state index contributed by atoms with van der Waals surface area (Å²) >= 11 is 0. The number of likely N-dealkylation sites (tertiary alicyclic amines) is 1. The molecule has 0 saturated carbocycles. The van der Waals surface area contributed by atoms with Crippen LogP contribution in [0.3, 0.4) is 0 Å². The molecule has 2 rings (SSSR count). The van der Waals surface area contributed by atoms with Crippen molar-refractivity contribution in [3.8, 4) is 0 Å². The van der Waals surface area contributed by atoms with Crippen molar-refractivity contribution in [2.75, 3.05) is 26.2 Å². The number of H-pyrrole nitrogens is 1. The number of imidazole rings is 1. The average molecular weight is 208 g/mol. The molecule has 0 unspecified atom stereocenters. The molecule has 1 saturated heterocycles. The van der Waals surface area contributed by atoms with Crippen molar-refractivity contribution in [3.63, 3.8) is 0 Å². The first-order valence-electron chi connectivity index (χ1n) is 5.86. The summed E-state index contributed by atoms with van der Waals surface area (Å²) in [5.74, 6) is 1.02. The van der Waals surface area contributed by atoms with E-state index < -0.39 is 0 Å². The second-order valence-electron chi connectivity index (χ2n) is 4.11. The summed E-state index contributed by atoms with van der Waals surface area (Å²) in [5, 5.41) is 3.39. The van der Waals surface area contributed by atoms with Gasteiger partial charge in [0.1, 0.15) is 5.82 Å². The second-order valence-corrected chi connectivity index (χ2v) is 4.11. The van der Waals surface area contributed by atoms with Gasteiger partial charge in [0.15, 0.2) is 0 Å². The van der Waals surface area contributed by atoms with Gasteiger partial charge in [-0.3, -0.25) is 0 Å². The highest BCUT2D eigenvalue weighted by Gasteiger charge is 2.09. The van der Waals surface area contributed by atoms with E-state index >= 15 is 0 Å². The predicted octanol–water partition coefficient (Wildman–Crippen LogP) is 0.985. The van der Waals surface area contributed by atoms with Gasteiger partial charge in [-0.15, -0.1) is 0 Å². The molecule has 1 aromatic rings. The lowest BCUT2D eigenvalue weighted by Crippen LogP contribution is -2.24. The first kappa shape index (κ1) is 10.6. The topological polar surface area (TPSA) is 44.0 Å². The standard InChI is InChI=1S/C11H20N4/c1-2-8-15(7-1)9-3-4-12-10-11-13-5-6-14-11/h5-6,12H,1-4,7-10H2,(H,13,14). The number of aromatic nitrogens is 2. The van der Waals surface area contributed by atoms with Crippen molar-refractivity contribution in [1.82, 2.24) is 20.2 Å². The zero-order chi connectivity index (χ0) is 10.3. The fourth-order valence-electron chi connectivity index (χ4n) is 2.04. The van der Waals surface area contributed by atoms with E-state index in [4.69, 9.17) is 0 Å². The number of rotatable bonds is 6. The quantitative estimate of drug-likeness (QED) is 0.685. The first-order valence-corrected chi connectivity index (χ1v) is 5.86. The SMILES string of the molecule is c1c[nH]c(CNCCCN2CCCC2)n1. The molecule has 0 aliphatic carbocycles. The molecule has 0 bridgehead atoms. The summed E-state index contributed by atoms with van der Waals surface area (Å²) in [6, 6.07) is 0. The molecule has 1 aromatic heterocycles. The lowest BCUT2D eigenvalue weighted by atomic mass is 10.4. The summed E-state index contributed by atoms with van der Waals surface area (Å²) < 4.78 is 0. The Hall–Kier alpha value is -0.870. The summed E-state index contributed by atoms with van der Waals surface area (Å²) in [4.78, 5) is 9.80. The number of hydrogen-bond donors (Lipinski definition) is 2. The van der Waals surface area contributed by atoms with E-state index in [0.29, 0.717) is 0 Å². The van der Waals surface area contributed by atoms with Crippen LogP contribution < -0.4 is 5.32 Å². The minimum Gasteiger partial charge on any atom is -0.348 e. The zero-order valence-corrected chi connectivity index (χ0v) is 9.21. The van der Waals surface area contributed by atoms with Crippen molar-refractivity contribution in [3.05, 3.63) is 18.2 Å². The van der Waals surface area contributed by atoms with E-state index in [1.165, 1.54) is 38.9 Å². The molecule has 0 amide bonds. The highest BCUT2D eigenvalue weighted by molar-refractivity contribution is 4.85. The van der Waals surface area contributed by atoms with Crippen LogP contribution in [-0.2, 0) is 6.54 Å². The van der Waals surface area contributed by atoms with Gasteiger partial charge >= 0.3 is 0 Å². The fraction of sp³-hybridized carbons (Fsp3) is 0.727. The maximum Gasteiger partial charge on any atom is 0.120 e. The normalized spacial score (nSPS) is 17.3. The minimum absolute atomic E-state index is 0.854. The highest BCUT2D eigenvalue weighted by atomic mass is 15.1. The third-order valence-corrected chi connectivity index (χ3v) is 2.87. The van der Waals surface area contributed by atoms with Crippen molar-refractivity contribution in [1.29, 1.82) is 0 Å². The van der Waals surface area contributed by atoms with Crippen LogP contribution in [0, 0.1) is 0 Å². The van der Waals surface area contributed by atoms with Crippen LogP contribution in [0.2, 0.25) is 0 Å². The summed E-state index contributed by atoms with van der Waals surface area (Å²) in [5.41, 5.74) is 0. The van der Waals surface area contributed by atoms with E-state index in [9.17, 15) is 0 Å². The molecule has 2 heterocycles. The van der Waals surface area contributed by atoms with Gasteiger partial charge in [0.05, 0.1) is 6.54 Å². The summed E-state index contributed by atoms with van der Waals surface area (Å²) in [6.45, 7) is 5.78. The van der Waals surface area contributed by atoms with Crippen LogP contribution in [0.15, 0.2) is 12.4 Å². The molecule has 15 heavy (non-hydrogen) atoms. The van der Waals surface area contributed by atoms with Gasteiger partial charge in [-0.05, 0) is 45.4 Å². The molecule has 1 fully saturated rings. The van der Waals surface area contributed by atoms with E-state index in [2.05, 4.69) is 20.2 Å². The Kier molecular flexibility index (Phi) is 4.17. The van der Waals surface area contributed by atoms with Gasteiger partial charge in [-0.25, -0.2) is 4.98 Å². The summed E-state index contributed by atoms with van der Waals surface area (Å²) in [6.07, 6.45) is 7.67. The Morgan fingerprint density at radius 1 is 1.40 bits per heavy atom. The number of nitrogens with zero attached hydrogens (tertiary/aromatic N) is 2. The predicted molar refractivity (Wildman–Crippen MR) is 60.6 cm³/mol. The van der Waals surface area contributed by atoms with Gasteiger partial charge in [-0.1, -0.05) is 0 Å². The number of hydrogen-bond acceptors (Lipinski definition) is 3. The molecule has 84 valence electrons. The van der Waals surface area contributed by atoms with Crippen LogP contribution in [0.4, 0.5) is 0 Å². The molecule has 1 aliphatic rings. The van der Waals surface area contributed by atoms with Crippen molar-refractivity contribution < 1.29 is 0 Å². The fourth-order valence-corrected chi connectivity index (χ4v) is 2.04. The lowest BCUT2D eigenvalue weighted by molar-refractivity contribution is 0.331. The maximum atomic E-state index is 4.16. The minimum atomic E-state index is 0.854. The van der Waals surface area contributed by atoms with Crippen molar-refractivity contribution in [2.24, 2.45) is 0 Å². The molecule has 0 aromatic carbocycles. The third kappa shape index (κ3) is 3.64. The number of aromatic amines is 1. The van der Waals surface area contributed by atoms with Gasteiger partial charge in [0.25, 0.3) is 0 Å². The van der Waals surface area contributed by atoms with E-state index in [0.717, 1.165) is 18.9 Å². The molecule has 2 N–H and O–H groups in total. The van der Waals surface area contributed by atoms with Crippen LogP contribution >= 0.6 is 0 Å². The van der Waals surface area contributed by atoms with Crippen LogP contribution in [0.25, 0.3) is 0 Å². The van der Waals surface area contributed by atoms with E-state index in [1.54, 1.807) is 6.20 Å². The summed E-state index contributed by atoms with van der Waals surface area (Å²) in [7, 11) is 0. The van der Waals surface area contributed by atoms with E-state index in [1.807, 2.05) is 6.20 Å². The monoisotopic (exact) mass is 208 g/mol. The van der Waals surface area contributed by atoms with Gasteiger partial charge in [0.2, 0.25) is 0 Å². The maximum absolute atomic E-state index is 4.16. The van der Waals surface area contributed by atoms with E-state index in [-0.39, 0.29) is 0 Å². The molecule has 0 radical (unpaired) electrons. The highest BCUT2D eigenvalue weighted by Crippen LogP contribution is 2.06. The molecule has 4 nitrogen and oxygen atoms in total. The van der Waals surface area contributed by atoms with Crippen molar-refractivity contribution >= 4 is 0 Å². The Morgan fingerprint density at radius 2 is 2.27 bits per heavy atom. The van der Waals surface area contributed by atoms with Crippen molar-refractivity contribution in [2.45, 2.75) is 25.8 Å². The second kappa shape index (κ2) is 5.88. The van der Waals surface area contributed by atoms with Gasteiger partial charge in [0, 0.05) is 12.4 Å². The largest absolute Gasteiger partial charge is 0.348 e. The molecule has 0 atom stereocenters. The van der Waals surface area contributed by atoms with Gasteiger partial charge < -0.3 is 15.2 Å². The first-order chi connectivity index (χ1) is 7.45. The smallest absolute Gasteiger partial charge is 0.120 e. The third-order valence-electron chi connectivity index (χ3n) is 2.87. The number of nitrogens with one attached hydrogen (secondary N) is 2. The Labute approximate surface area is 91.1 Å². The molecule has 1 aliphatic heterocycles. The Bertz CT molecular complexity index is 252. The lowest BCUT2D eigenvalue weighted by Gasteiger charge is -2.13.